The number of aryl methyl sites for hydroxylation is 1. The van der Waals surface area contributed by atoms with E-state index < -0.39 is 0 Å². The number of nitrogens with one attached hydrogen (secondary N) is 1. The number of rotatable bonds is 7. The fourth-order valence-corrected chi connectivity index (χ4v) is 3.25. The molecule has 1 aliphatic carbocycles. The van der Waals surface area contributed by atoms with Crippen LogP contribution in [0.1, 0.15) is 51.0 Å². The summed E-state index contributed by atoms with van der Waals surface area (Å²) in [6.07, 6.45) is 6.47. The van der Waals surface area contributed by atoms with E-state index in [-0.39, 0.29) is 12.0 Å². The zero-order chi connectivity index (χ0) is 15.8. The number of aliphatic hydroxyl groups excluding tert-OH is 1. The Balaban J connectivity index is 1.61. The third-order valence-corrected chi connectivity index (χ3v) is 4.65. The maximum Gasteiger partial charge on any atom is 0.220 e. The van der Waals surface area contributed by atoms with Gasteiger partial charge >= 0.3 is 0 Å². The van der Waals surface area contributed by atoms with Crippen molar-refractivity contribution in [3.05, 3.63) is 35.9 Å². The lowest BCUT2D eigenvalue weighted by molar-refractivity contribution is -0.122. The molecule has 3 unspecified atom stereocenters. The Morgan fingerprint density at radius 2 is 2.09 bits per heavy atom. The Labute approximate surface area is 134 Å². The van der Waals surface area contributed by atoms with Crippen molar-refractivity contribution < 1.29 is 9.90 Å². The normalized spacial score (nSPS) is 23.0. The number of amides is 1. The number of carbonyl (C=O) groups is 1. The highest BCUT2D eigenvalue weighted by atomic mass is 16.3. The predicted octanol–water partition coefficient (Wildman–Crippen LogP) is 3.31. The first-order chi connectivity index (χ1) is 10.6. The van der Waals surface area contributed by atoms with Crippen LogP contribution in [0.2, 0.25) is 0 Å². The minimum atomic E-state index is -0.166. The SMILES string of the molecule is CC(CCc1ccccc1)CC(=O)NCC1CCCC(O)C1. The van der Waals surface area contributed by atoms with Crippen LogP contribution in [0.5, 0.6) is 0 Å². The van der Waals surface area contributed by atoms with Crippen LogP contribution in [0.3, 0.4) is 0 Å². The van der Waals surface area contributed by atoms with Crippen LogP contribution < -0.4 is 5.32 Å². The van der Waals surface area contributed by atoms with E-state index in [4.69, 9.17) is 0 Å². The molecule has 0 saturated heterocycles. The zero-order valence-corrected chi connectivity index (χ0v) is 13.6. The van der Waals surface area contributed by atoms with Crippen molar-refractivity contribution in [3.8, 4) is 0 Å². The first-order valence-electron chi connectivity index (χ1n) is 8.62. The Morgan fingerprint density at radius 3 is 2.82 bits per heavy atom. The molecule has 0 spiro atoms. The number of aliphatic hydroxyl groups is 1. The molecule has 0 bridgehead atoms. The fraction of sp³-hybridized carbons (Fsp3) is 0.632. The second kappa shape index (κ2) is 8.94. The second-order valence-electron chi connectivity index (χ2n) is 6.82. The molecule has 0 aromatic heterocycles. The Hall–Kier alpha value is -1.35. The summed E-state index contributed by atoms with van der Waals surface area (Å²) in [6.45, 7) is 2.87. The van der Waals surface area contributed by atoms with Gasteiger partial charge in [-0.1, -0.05) is 43.7 Å². The van der Waals surface area contributed by atoms with Gasteiger partial charge in [0.1, 0.15) is 0 Å². The molecule has 1 aromatic rings. The van der Waals surface area contributed by atoms with E-state index in [1.165, 1.54) is 5.56 Å². The standard InChI is InChI=1S/C19H29NO2/c1-15(10-11-16-6-3-2-4-7-16)12-19(22)20-14-17-8-5-9-18(21)13-17/h2-4,6-7,15,17-18,21H,5,8-14H2,1H3,(H,20,22). The Bertz CT molecular complexity index is 446. The van der Waals surface area contributed by atoms with E-state index in [1.54, 1.807) is 0 Å². The first-order valence-corrected chi connectivity index (χ1v) is 8.62. The number of carbonyl (C=O) groups excluding carboxylic acids is 1. The molecule has 1 aliphatic rings. The molecule has 1 amide bonds. The van der Waals surface area contributed by atoms with Gasteiger partial charge in [-0.3, -0.25) is 4.79 Å². The van der Waals surface area contributed by atoms with Gasteiger partial charge in [-0.25, -0.2) is 0 Å². The highest BCUT2D eigenvalue weighted by Crippen LogP contribution is 2.23. The maximum atomic E-state index is 12.0. The van der Waals surface area contributed by atoms with Gasteiger partial charge < -0.3 is 10.4 Å². The van der Waals surface area contributed by atoms with Gasteiger partial charge in [-0.2, -0.15) is 0 Å². The lowest BCUT2D eigenvalue weighted by atomic mass is 9.87. The topological polar surface area (TPSA) is 49.3 Å². The molecule has 122 valence electrons. The van der Waals surface area contributed by atoms with Crippen molar-refractivity contribution in [2.45, 2.75) is 58.0 Å². The summed E-state index contributed by atoms with van der Waals surface area (Å²) in [7, 11) is 0. The lowest BCUT2D eigenvalue weighted by Crippen LogP contribution is -2.33. The summed E-state index contributed by atoms with van der Waals surface area (Å²) in [4.78, 5) is 12.0. The molecular weight excluding hydrogens is 274 g/mol. The molecule has 0 aliphatic heterocycles. The van der Waals surface area contributed by atoms with Crippen LogP contribution in [0, 0.1) is 11.8 Å². The first kappa shape index (κ1) is 17.0. The molecule has 2 N–H and O–H groups in total. The van der Waals surface area contributed by atoms with Crippen LogP contribution >= 0.6 is 0 Å². The average Bonchev–Trinajstić information content (AvgIpc) is 2.52. The van der Waals surface area contributed by atoms with Crippen LogP contribution in [-0.2, 0) is 11.2 Å². The molecule has 3 atom stereocenters. The molecule has 22 heavy (non-hydrogen) atoms. The van der Waals surface area contributed by atoms with Gasteiger partial charge in [0.15, 0.2) is 0 Å². The van der Waals surface area contributed by atoms with E-state index >= 15 is 0 Å². The summed E-state index contributed by atoms with van der Waals surface area (Å²) >= 11 is 0. The molecule has 1 saturated carbocycles. The van der Waals surface area contributed by atoms with Crippen molar-refractivity contribution in [2.75, 3.05) is 6.54 Å². The quantitative estimate of drug-likeness (QED) is 0.812. The van der Waals surface area contributed by atoms with Crippen molar-refractivity contribution in [2.24, 2.45) is 11.8 Å². The van der Waals surface area contributed by atoms with Gasteiger partial charge in [-0.15, -0.1) is 0 Å². The smallest absolute Gasteiger partial charge is 0.220 e. The third-order valence-electron chi connectivity index (χ3n) is 4.65. The molecular formula is C19H29NO2. The van der Waals surface area contributed by atoms with Gasteiger partial charge in [0, 0.05) is 13.0 Å². The Morgan fingerprint density at radius 1 is 1.32 bits per heavy atom. The summed E-state index contributed by atoms with van der Waals surface area (Å²) < 4.78 is 0. The van der Waals surface area contributed by atoms with E-state index in [2.05, 4.69) is 36.5 Å². The van der Waals surface area contributed by atoms with Gasteiger partial charge in [0.2, 0.25) is 5.91 Å². The van der Waals surface area contributed by atoms with E-state index in [0.29, 0.717) is 18.3 Å². The minimum Gasteiger partial charge on any atom is -0.393 e. The number of benzene rings is 1. The molecule has 0 radical (unpaired) electrons. The molecule has 0 heterocycles. The lowest BCUT2D eigenvalue weighted by Gasteiger charge is -2.26. The largest absolute Gasteiger partial charge is 0.393 e. The van der Waals surface area contributed by atoms with E-state index in [1.807, 2.05) is 6.07 Å². The van der Waals surface area contributed by atoms with Crippen LogP contribution in [0.25, 0.3) is 0 Å². The molecule has 3 heteroatoms. The van der Waals surface area contributed by atoms with Crippen LogP contribution in [0.4, 0.5) is 0 Å². The maximum absolute atomic E-state index is 12.0. The number of hydrogen-bond donors (Lipinski definition) is 2. The average molecular weight is 303 g/mol. The van der Waals surface area contributed by atoms with Gasteiger partial charge in [0.25, 0.3) is 0 Å². The van der Waals surface area contributed by atoms with Crippen LogP contribution in [-0.4, -0.2) is 23.7 Å². The summed E-state index contributed by atoms with van der Waals surface area (Å²) in [6, 6.07) is 10.4. The van der Waals surface area contributed by atoms with Gasteiger partial charge in [0.05, 0.1) is 6.10 Å². The predicted molar refractivity (Wildman–Crippen MR) is 89.5 cm³/mol. The fourth-order valence-electron chi connectivity index (χ4n) is 3.25. The molecule has 1 aromatic carbocycles. The highest BCUT2D eigenvalue weighted by Gasteiger charge is 2.20. The zero-order valence-electron chi connectivity index (χ0n) is 13.6. The monoisotopic (exact) mass is 303 g/mol. The molecule has 3 nitrogen and oxygen atoms in total. The second-order valence-corrected chi connectivity index (χ2v) is 6.82. The summed E-state index contributed by atoms with van der Waals surface area (Å²) in [5, 5.41) is 12.7. The van der Waals surface area contributed by atoms with Crippen molar-refractivity contribution >= 4 is 5.91 Å². The minimum absolute atomic E-state index is 0.153. The van der Waals surface area contributed by atoms with Crippen molar-refractivity contribution in [1.82, 2.24) is 5.32 Å². The van der Waals surface area contributed by atoms with Crippen molar-refractivity contribution in [1.29, 1.82) is 0 Å². The summed E-state index contributed by atoms with van der Waals surface area (Å²) in [5.74, 6) is 1.00. The van der Waals surface area contributed by atoms with Gasteiger partial charge in [-0.05, 0) is 49.5 Å². The highest BCUT2D eigenvalue weighted by molar-refractivity contribution is 5.76. The molecule has 2 rings (SSSR count). The Kier molecular flexibility index (Phi) is 6.91. The van der Waals surface area contributed by atoms with Crippen molar-refractivity contribution in [3.63, 3.8) is 0 Å². The third kappa shape index (κ3) is 6.18. The summed E-state index contributed by atoms with van der Waals surface area (Å²) in [5.41, 5.74) is 1.34. The van der Waals surface area contributed by atoms with Crippen LogP contribution in [0.15, 0.2) is 30.3 Å². The van der Waals surface area contributed by atoms with E-state index in [9.17, 15) is 9.90 Å². The van der Waals surface area contributed by atoms with E-state index in [0.717, 1.165) is 45.1 Å². The number of hydrogen-bond acceptors (Lipinski definition) is 2. The molecule has 1 fully saturated rings.